The Hall–Kier alpha value is -2.36. The Morgan fingerprint density at radius 2 is 2.14 bits per heavy atom. The number of anilines is 1. The number of thioether (sulfide) groups is 1. The van der Waals surface area contributed by atoms with E-state index < -0.39 is 18.0 Å². The minimum atomic E-state index is -0.848. The van der Waals surface area contributed by atoms with Gasteiger partial charge in [0.15, 0.2) is 5.16 Å². The van der Waals surface area contributed by atoms with Gasteiger partial charge >= 0.3 is 12.1 Å². The van der Waals surface area contributed by atoms with Gasteiger partial charge in [0.25, 0.3) is 0 Å². The minimum absolute atomic E-state index is 0.0423. The molecular weight excluding hydrogens is 300 g/mol. The van der Waals surface area contributed by atoms with Gasteiger partial charge in [-0.1, -0.05) is 11.8 Å². The van der Waals surface area contributed by atoms with Crippen molar-refractivity contribution in [2.24, 2.45) is 0 Å². The van der Waals surface area contributed by atoms with Crippen molar-refractivity contribution in [3.8, 4) is 0 Å². The molecule has 1 heterocycles. The number of rotatable bonds is 5. The number of amides is 2. The summed E-state index contributed by atoms with van der Waals surface area (Å²) in [5.41, 5.74) is 5.68. The van der Waals surface area contributed by atoms with E-state index in [1.54, 1.807) is 6.92 Å². The van der Waals surface area contributed by atoms with Crippen LogP contribution in [0, 0.1) is 0 Å². The molecule has 0 bridgehead atoms. The summed E-state index contributed by atoms with van der Waals surface area (Å²) < 4.78 is 9.06. The van der Waals surface area contributed by atoms with Crippen LogP contribution in [0.5, 0.6) is 0 Å². The fraction of sp³-hybridized carbons (Fsp3) is 0.364. The van der Waals surface area contributed by atoms with Crippen molar-refractivity contribution in [1.82, 2.24) is 15.3 Å². The number of hydrogen-bond acceptors (Lipinski definition) is 9. The molecule has 1 aromatic rings. The number of alkyl carbamates (subject to hydrolysis) is 1. The van der Waals surface area contributed by atoms with E-state index in [9.17, 15) is 14.4 Å². The molecule has 0 spiro atoms. The first-order valence-corrected chi connectivity index (χ1v) is 6.76. The molecule has 0 aliphatic carbocycles. The van der Waals surface area contributed by atoms with Crippen LogP contribution in [0.3, 0.4) is 0 Å². The molecule has 3 N–H and O–H groups in total. The van der Waals surface area contributed by atoms with Gasteiger partial charge in [-0.3, -0.25) is 10.1 Å². The maximum atomic E-state index is 11.5. The second-order valence-corrected chi connectivity index (χ2v) is 4.44. The number of nitrogens with zero attached hydrogens (tertiary/aromatic N) is 2. The van der Waals surface area contributed by atoms with Crippen LogP contribution in [0.2, 0.25) is 0 Å². The fourth-order valence-electron chi connectivity index (χ4n) is 1.14. The van der Waals surface area contributed by atoms with Gasteiger partial charge in [-0.15, -0.1) is 0 Å². The van der Waals surface area contributed by atoms with E-state index >= 15 is 0 Å². The highest BCUT2D eigenvalue weighted by Crippen LogP contribution is 2.16. The van der Waals surface area contributed by atoms with E-state index in [-0.39, 0.29) is 28.9 Å². The Morgan fingerprint density at radius 3 is 2.71 bits per heavy atom. The van der Waals surface area contributed by atoms with E-state index in [4.69, 9.17) is 10.5 Å². The molecule has 0 aromatic carbocycles. The van der Waals surface area contributed by atoms with Gasteiger partial charge in [0.05, 0.1) is 19.5 Å². The number of hydrogen-bond donors (Lipinski definition) is 2. The van der Waals surface area contributed by atoms with E-state index in [1.165, 1.54) is 6.20 Å². The van der Waals surface area contributed by atoms with E-state index in [2.05, 4.69) is 14.7 Å². The lowest BCUT2D eigenvalue weighted by Gasteiger charge is -2.06. The van der Waals surface area contributed by atoms with Crippen LogP contribution in [-0.2, 0) is 14.3 Å². The zero-order valence-corrected chi connectivity index (χ0v) is 12.2. The first-order valence-electron chi connectivity index (χ1n) is 5.78. The van der Waals surface area contributed by atoms with Crippen LogP contribution >= 0.6 is 11.8 Å². The summed E-state index contributed by atoms with van der Waals surface area (Å²) in [5.74, 6) is -1.33. The van der Waals surface area contributed by atoms with Crippen LogP contribution in [0.1, 0.15) is 17.3 Å². The first kappa shape index (κ1) is 16.7. The molecule has 10 heteroatoms. The lowest BCUT2D eigenvalue weighted by Crippen LogP contribution is -2.31. The highest BCUT2D eigenvalue weighted by atomic mass is 32.2. The lowest BCUT2D eigenvalue weighted by molar-refractivity contribution is -0.117. The SMILES string of the molecule is CCOC(=O)c1cnc(SCC(=O)NC(=O)OC)nc1N. The molecule has 1 rings (SSSR count). The molecule has 0 aliphatic heterocycles. The number of ether oxygens (including phenoxy) is 2. The average Bonchev–Trinajstić information content (AvgIpc) is 2.45. The summed E-state index contributed by atoms with van der Waals surface area (Å²) >= 11 is 0.955. The van der Waals surface area contributed by atoms with Gasteiger partial charge in [0, 0.05) is 6.20 Å². The maximum absolute atomic E-state index is 11.5. The van der Waals surface area contributed by atoms with Gasteiger partial charge in [0.2, 0.25) is 5.91 Å². The number of nitrogens with two attached hydrogens (primary N) is 1. The molecular formula is C11H14N4O5S. The van der Waals surface area contributed by atoms with Crippen LogP contribution in [0.15, 0.2) is 11.4 Å². The minimum Gasteiger partial charge on any atom is -0.462 e. The number of carbonyl (C=O) groups is 3. The molecule has 0 radical (unpaired) electrons. The standard InChI is InChI=1S/C11H14N4O5S/c1-3-20-9(17)6-4-13-10(15-8(6)12)21-5-7(16)14-11(18)19-2/h4H,3,5H2,1-2H3,(H2,12,13,15)(H,14,16,18). The van der Waals surface area contributed by atoms with Crippen molar-refractivity contribution >= 4 is 35.5 Å². The number of nitrogen functional groups attached to an aromatic ring is 1. The van der Waals surface area contributed by atoms with Crippen molar-refractivity contribution in [2.75, 3.05) is 25.2 Å². The van der Waals surface area contributed by atoms with E-state index in [0.29, 0.717) is 0 Å². The molecule has 21 heavy (non-hydrogen) atoms. The Labute approximate surface area is 124 Å². The molecule has 0 fully saturated rings. The number of carbonyl (C=O) groups excluding carboxylic acids is 3. The summed E-state index contributed by atoms with van der Waals surface area (Å²) in [5, 5.41) is 2.17. The largest absolute Gasteiger partial charge is 0.462 e. The van der Waals surface area contributed by atoms with Crippen LogP contribution in [-0.4, -0.2) is 47.4 Å². The molecule has 2 amide bonds. The third-order valence-electron chi connectivity index (χ3n) is 2.05. The monoisotopic (exact) mass is 314 g/mol. The third kappa shape index (κ3) is 5.26. The molecule has 0 atom stereocenters. The van der Waals surface area contributed by atoms with Crippen LogP contribution < -0.4 is 11.1 Å². The topological polar surface area (TPSA) is 134 Å². The van der Waals surface area contributed by atoms with Gasteiger partial charge in [0.1, 0.15) is 11.4 Å². The number of methoxy groups -OCH3 is 1. The third-order valence-corrected chi connectivity index (χ3v) is 2.91. The predicted molar refractivity (Wildman–Crippen MR) is 73.7 cm³/mol. The molecule has 0 unspecified atom stereocenters. The number of aromatic nitrogens is 2. The summed E-state index contributed by atoms with van der Waals surface area (Å²) in [6.45, 7) is 1.88. The number of imide groups is 1. The molecule has 9 nitrogen and oxygen atoms in total. The summed E-state index contributed by atoms with van der Waals surface area (Å²) in [6, 6.07) is 0. The van der Waals surface area contributed by atoms with Crippen LogP contribution in [0.4, 0.5) is 10.6 Å². The smallest absolute Gasteiger partial charge is 0.413 e. The zero-order valence-electron chi connectivity index (χ0n) is 11.4. The Balaban J connectivity index is 2.62. The Morgan fingerprint density at radius 1 is 1.43 bits per heavy atom. The molecule has 0 saturated carbocycles. The first-order chi connectivity index (χ1) is 9.97. The Bertz CT molecular complexity index is 551. The fourth-order valence-corrected chi connectivity index (χ4v) is 1.77. The maximum Gasteiger partial charge on any atom is 0.413 e. The summed E-state index contributed by atoms with van der Waals surface area (Å²) in [7, 11) is 1.15. The molecule has 0 aliphatic rings. The van der Waals surface area contributed by atoms with E-state index in [0.717, 1.165) is 18.9 Å². The van der Waals surface area contributed by atoms with Crippen LogP contribution in [0.25, 0.3) is 0 Å². The van der Waals surface area contributed by atoms with Gasteiger partial charge < -0.3 is 15.2 Å². The van der Waals surface area contributed by atoms with Gasteiger partial charge in [-0.2, -0.15) is 0 Å². The van der Waals surface area contributed by atoms with Gasteiger partial charge in [-0.05, 0) is 6.92 Å². The highest BCUT2D eigenvalue weighted by molar-refractivity contribution is 7.99. The Kier molecular flexibility index (Phi) is 6.40. The predicted octanol–water partition coefficient (Wildman–Crippen LogP) is 0.210. The second kappa shape index (κ2) is 8.04. The highest BCUT2D eigenvalue weighted by Gasteiger charge is 2.15. The molecule has 1 aromatic heterocycles. The molecule has 114 valence electrons. The van der Waals surface area contributed by atoms with Gasteiger partial charge in [-0.25, -0.2) is 19.6 Å². The van der Waals surface area contributed by atoms with Crippen molar-refractivity contribution < 1.29 is 23.9 Å². The number of esters is 1. The van der Waals surface area contributed by atoms with E-state index in [1.807, 2.05) is 5.32 Å². The average molecular weight is 314 g/mol. The number of nitrogens with one attached hydrogen (secondary N) is 1. The van der Waals surface area contributed by atoms with Crippen molar-refractivity contribution in [3.63, 3.8) is 0 Å². The second-order valence-electron chi connectivity index (χ2n) is 3.50. The summed E-state index contributed by atoms with van der Waals surface area (Å²) in [6.07, 6.45) is 0.375. The molecule has 0 saturated heterocycles. The van der Waals surface area contributed by atoms with Crippen molar-refractivity contribution in [3.05, 3.63) is 11.8 Å². The normalized spacial score (nSPS) is 9.81. The van der Waals surface area contributed by atoms with Crippen molar-refractivity contribution in [2.45, 2.75) is 12.1 Å². The lowest BCUT2D eigenvalue weighted by atomic mass is 10.3. The zero-order chi connectivity index (χ0) is 15.8. The van der Waals surface area contributed by atoms with Crippen molar-refractivity contribution in [1.29, 1.82) is 0 Å². The quantitative estimate of drug-likeness (QED) is 0.444. The summed E-state index contributed by atoms with van der Waals surface area (Å²) in [4.78, 5) is 41.4.